The third kappa shape index (κ3) is 1.13. The summed E-state index contributed by atoms with van der Waals surface area (Å²) in [5.41, 5.74) is 0.664. The molecule has 52 valence electrons. The van der Waals surface area contributed by atoms with Gasteiger partial charge >= 0.3 is 0 Å². The van der Waals surface area contributed by atoms with Gasteiger partial charge in [-0.25, -0.2) is 0 Å². The number of carbonyl (C=O) groups is 1. The fourth-order valence-corrected chi connectivity index (χ4v) is 0.726. The summed E-state index contributed by atoms with van der Waals surface area (Å²) in [5, 5.41) is 0. The zero-order chi connectivity index (χ0) is 7.40. The minimum Gasteiger partial charge on any atom is -0.278 e. The van der Waals surface area contributed by atoms with Crippen LogP contribution in [0.25, 0.3) is 0 Å². The quantitative estimate of drug-likeness (QED) is 0.502. The molecule has 10 heavy (non-hydrogen) atoms. The molecule has 0 saturated heterocycles. The Hall–Kier alpha value is -1.38. The number of rotatable bonds is 1. The van der Waals surface area contributed by atoms with E-state index in [0.29, 0.717) is 5.49 Å². The molecule has 1 heterocycles. The first-order valence-electron chi connectivity index (χ1n) is 2.94. The van der Waals surface area contributed by atoms with E-state index < -0.39 is 0 Å². The maximum absolute atomic E-state index is 10.3. The van der Waals surface area contributed by atoms with Gasteiger partial charge in [0.15, 0.2) is 0 Å². The standard InChI is InChI=1S/C7H8N2O/c1-8-7-4-2-3-5-9(7)6-10/h2-6H,1H3. The first kappa shape index (κ1) is 6.74. The van der Waals surface area contributed by atoms with Gasteiger partial charge in [0.1, 0.15) is 5.49 Å². The Morgan fingerprint density at radius 3 is 2.90 bits per heavy atom. The van der Waals surface area contributed by atoms with Crippen molar-refractivity contribution in [2.75, 3.05) is 7.05 Å². The van der Waals surface area contributed by atoms with Gasteiger partial charge in [0, 0.05) is 13.2 Å². The lowest BCUT2D eigenvalue weighted by Gasteiger charge is -1.93. The topological polar surface area (TPSA) is 34.4 Å². The third-order valence-corrected chi connectivity index (χ3v) is 1.21. The second kappa shape index (κ2) is 2.96. The number of carbonyl (C=O) groups excluding carboxylic acids is 1. The summed E-state index contributed by atoms with van der Waals surface area (Å²) in [7, 11) is 1.65. The molecular formula is C7H8N2O. The van der Waals surface area contributed by atoms with Crippen molar-refractivity contribution < 1.29 is 4.79 Å². The molecule has 1 aromatic rings. The lowest BCUT2D eigenvalue weighted by atomic mass is 10.5. The van der Waals surface area contributed by atoms with Crippen LogP contribution in [-0.4, -0.2) is 18.0 Å². The van der Waals surface area contributed by atoms with E-state index in [1.807, 2.05) is 6.07 Å². The predicted molar refractivity (Wildman–Crippen MR) is 38.1 cm³/mol. The molecule has 0 aliphatic heterocycles. The van der Waals surface area contributed by atoms with Crippen LogP contribution in [0.2, 0.25) is 0 Å². The fraction of sp³-hybridized carbons (Fsp3) is 0.143. The Morgan fingerprint density at radius 1 is 1.60 bits per heavy atom. The predicted octanol–water partition coefficient (Wildman–Crippen LogP) is 0.0569. The number of hydrogen-bond donors (Lipinski definition) is 0. The minimum absolute atomic E-state index is 0.664. The molecule has 3 nitrogen and oxygen atoms in total. The molecule has 0 aliphatic rings. The van der Waals surface area contributed by atoms with Crippen molar-refractivity contribution in [3.63, 3.8) is 0 Å². The molecule has 0 bridgehead atoms. The smallest absolute Gasteiger partial charge is 0.219 e. The van der Waals surface area contributed by atoms with Gasteiger partial charge in [-0.05, 0) is 12.1 Å². The summed E-state index contributed by atoms with van der Waals surface area (Å²) in [6, 6.07) is 5.39. The first-order chi connectivity index (χ1) is 4.88. The summed E-state index contributed by atoms with van der Waals surface area (Å²) < 4.78 is 1.42. The summed E-state index contributed by atoms with van der Waals surface area (Å²) in [5.74, 6) is 0. The number of hydrogen-bond acceptors (Lipinski definition) is 2. The molecular weight excluding hydrogens is 128 g/mol. The first-order valence-corrected chi connectivity index (χ1v) is 2.94. The Morgan fingerprint density at radius 2 is 2.40 bits per heavy atom. The van der Waals surface area contributed by atoms with Crippen molar-refractivity contribution in [2.45, 2.75) is 0 Å². The Kier molecular flexibility index (Phi) is 1.99. The van der Waals surface area contributed by atoms with Gasteiger partial charge in [0.2, 0.25) is 6.41 Å². The number of pyridine rings is 1. The van der Waals surface area contributed by atoms with Crippen LogP contribution in [0.4, 0.5) is 0 Å². The van der Waals surface area contributed by atoms with Crippen LogP contribution in [0.15, 0.2) is 29.4 Å². The molecule has 0 atom stereocenters. The van der Waals surface area contributed by atoms with Crippen molar-refractivity contribution in [3.05, 3.63) is 29.9 Å². The summed E-state index contributed by atoms with van der Waals surface area (Å²) in [6.45, 7) is 0. The molecule has 0 spiro atoms. The summed E-state index contributed by atoms with van der Waals surface area (Å²) in [4.78, 5) is 14.2. The molecule has 0 unspecified atom stereocenters. The molecule has 0 N–H and O–H groups in total. The summed E-state index contributed by atoms with van der Waals surface area (Å²) >= 11 is 0. The van der Waals surface area contributed by atoms with Crippen LogP contribution in [-0.2, 0) is 4.79 Å². The Bertz CT molecular complexity index is 288. The minimum atomic E-state index is 0.664. The zero-order valence-corrected chi connectivity index (χ0v) is 5.69. The van der Waals surface area contributed by atoms with Gasteiger partial charge in [0.25, 0.3) is 0 Å². The second-order valence-corrected chi connectivity index (χ2v) is 1.80. The molecule has 0 radical (unpaired) electrons. The van der Waals surface area contributed by atoms with Crippen molar-refractivity contribution in [1.29, 1.82) is 0 Å². The van der Waals surface area contributed by atoms with E-state index in [9.17, 15) is 4.79 Å². The van der Waals surface area contributed by atoms with Gasteiger partial charge in [-0.15, -0.1) is 0 Å². The zero-order valence-electron chi connectivity index (χ0n) is 5.69. The Labute approximate surface area is 58.6 Å². The van der Waals surface area contributed by atoms with Gasteiger partial charge in [0.05, 0.1) is 0 Å². The van der Waals surface area contributed by atoms with Crippen LogP contribution in [0, 0.1) is 0 Å². The molecule has 0 aromatic carbocycles. The van der Waals surface area contributed by atoms with Crippen LogP contribution >= 0.6 is 0 Å². The van der Waals surface area contributed by atoms with Crippen molar-refractivity contribution in [1.82, 2.24) is 4.57 Å². The van der Waals surface area contributed by atoms with Crippen molar-refractivity contribution >= 4 is 6.41 Å². The van der Waals surface area contributed by atoms with E-state index in [1.165, 1.54) is 4.57 Å². The van der Waals surface area contributed by atoms with E-state index in [-0.39, 0.29) is 0 Å². The van der Waals surface area contributed by atoms with Gasteiger partial charge in [-0.2, -0.15) is 0 Å². The van der Waals surface area contributed by atoms with Crippen LogP contribution in [0.5, 0.6) is 0 Å². The third-order valence-electron chi connectivity index (χ3n) is 1.21. The summed E-state index contributed by atoms with van der Waals surface area (Å²) in [6.07, 6.45) is 2.39. The van der Waals surface area contributed by atoms with Gasteiger partial charge in [-0.3, -0.25) is 14.4 Å². The molecule has 1 rings (SSSR count). The second-order valence-electron chi connectivity index (χ2n) is 1.80. The molecule has 3 heteroatoms. The van der Waals surface area contributed by atoms with Crippen molar-refractivity contribution in [2.24, 2.45) is 4.99 Å². The highest BCUT2D eigenvalue weighted by Crippen LogP contribution is 1.75. The molecule has 1 aromatic heterocycles. The maximum atomic E-state index is 10.3. The highest BCUT2D eigenvalue weighted by Gasteiger charge is 1.83. The van der Waals surface area contributed by atoms with E-state index >= 15 is 0 Å². The maximum Gasteiger partial charge on any atom is 0.219 e. The SMILES string of the molecule is CN=c1ccccn1C=O. The average Bonchev–Trinajstić information content (AvgIpc) is 2.04. The Balaban J connectivity index is 3.36. The number of aromatic nitrogens is 1. The van der Waals surface area contributed by atoms with Gasteiger partial charge < -0.3 is 0 Å². The molecule has 0 aliphatic carbocycles. The lowest BCUT2D eigenvalue weighted by molar-refractivity contribution is 0.544. The highest BCUT2D eigenvalue weighted by atomic mass is 16.1. The van der Waals surface area contributed by atoms with E-state index in [4.69, 9.17) is 0 Å². The molecule has 0 fully saturated rings. The number of nitrogens with zero attached hydrogens (tertiary/aromatic N) is 2. The average molecular weight is 136 g/mol. The molecule has 0 amide bonds. The van der Waals surface area contributed by atoms with Crippen molar-refractivity contribution in [3.8, 4) is 0 Å². The highest BCUT2D eigenvalue weighted by molar-refractivity contribution is 5.51. The largest absolute Gasteiger partial charge is 0.278 e. The van der Waals surface area contributed by atoms with E-state index in [1.54, 1.807) is 25.4 Å². The van der Waals surface area contributed by atoms with E-state index in [2.05, 4.69) is 4.99 Å². The van der Waals surface area contributed by atoms with Crippen LogP contribution < -0.4 is 5.49 Å². The fourth-order valence-electron chi connectivity index (χ4n) is 0.726. The van der Waals surface area contributed by atoms with Gasteiger partial charge in [-0.1, -0.05) is 6.07 Å². The van der Waals surface area contributed by atoms with Crippen LogP contribution in [0.3, 0.4) is 0 Å². The normalized spacial score (nSPS) is 11.5. The lowest BCUT2D eigenvalue weighted by Crippen LogP contribution is -2.18. The van der Waals surface area contributed by atoms with Crippen LogP contribution in [0.1, 0.15) is 0 Å². The molecule has 0 saturated carbocycles. The monoisotopic (exact) mass is 136 g/mol. The van der Waals surface area contributed by atoms with E-state index in [0.717, 1.165) is 6.41 Å².